The van der Waals surface area contributed by atoms with Gasteiger partial charge in [0.15, 0.2) is 0 Å². The second kappa shape index (κ2) is 8.76. The molecule has 1 amide bonds. The van der Waals surface area contributed by atoms with Crippen LogP contribution in [0.15, 0.2) is 9.98 Å². The third kappa shape index (κ3) is 6.91. The number of likely N-dealkylation sites (tertiary alicyclic amines) is 1. The summed E-state index contributed by atoms with van der Waals surface area (Å²) in [5.74, 6) is 0.782. The summed E-state index contributed by atoms with van der Waals surface area (Å²) < 4.78 is 5.29. The summed E-state index contributed by atoms with van der Waals surface area (Å²) in [4.78, 5) is 22.6. The minimum absolute atomic E-state index is 0.156. The number of unbranched alkanes of at least 4 members (excludes halogenated alkanes) is 1. The molecule has 0 aromatic heterocycles. The van der Waals surface area contributed by atoms with E-state index in [4.69, 9.17) is 4.74 Å². The Labute approximate surface area is 134 Å². The molecule has 0 atom stereocenters. The van der Waals surface area contributed by atoms with Gasteiger partial charge in [0, 0.05) is 32.4 Å². The van der Waals surface area contributed by atoms with Gasteiger partial charge in [0.1, 0.15) is 5.60 Å². The molecule has 1 heterocycles. The average molecular weight is 310 g/mol. The first-order valence-electron chi connectivity index (χ1n) is 8.09. The lowest BCUT2D eigenvalue weighted by Crippen LogP contribution is -2.47. The van der Waals surface area contributed by atoms with Crippen molar-refractivity contribution in [2.75, 3.05) is 20.1 Å². The van der Waals surface area contributed by atoms with Gasteiger partial charge in [-0.3, -0.25) is 4.99 Å². The quantitative estimate of drug-likeness (QED) is 0.644. The van der Waals surface area contributed by atoms with Crippen LogP contribution in [0, 0.1) is 0 Å². The zero-order valence-electron chi connectivity index (χ0n) is 14.6. The molecule has 0 bridgehead atoms. The van der Waals surface area contributed by atoms with Crippen LogP contribution in [0.1, 0.15) is 53.4 Å². The van der Waals surface area contributed by atoms with Crippen LogP contribution in [-0.2, 0) is 4.74 Å². The number of hydrogen-bond donors (Lipinski definition) is 1. The number of carbonyl (C=O) groups is 1. The molecule has 6 heteroatoms. The monoisotopic (exact) mass is 310 g/mol. The number of rotatable bonds is 3. The second-order valence-corrected chi connectivity index (χ2v) is 6.53. The highest BCUT2D eigenvalue weighted by molar-refractivity contribution is 5.87. The summed E-state index contributed by atoms with van der Waals surface area (Å²) in [6, 6.07) is 0.156. The van der Waals surface area contributed by atoms with E-state index in [9.17, 15) is 4.79 Å². The maximum Gasteiger partial charge on any atom is 0.407 e. The first kappa shape index (κ1) is 18.5. The van der Waals surface area contributed by atoms with E-state index in [1.807, 2.05) is 27.0 Å². The van der Waals surface area contributed by atoms with Crippen molar-refractivity contribution in [3.05, 3.63) is 0 Å². The molecule has 1 N–H and O–H groups in total. The zero-order valence-corrected chi connectivity index (χ0v) is 14.6. The molecule has 0 aromatic carbocycles. The Kier molecular flexibility index (Phi) is 7.35. The number of nitrogens with zero attached hydrogens (tertiary/aromatic N) is 3. The van der Waals surface area contributed by atoms with Crippen LogP contribution < -0.4 is 5.32 Å². The molecule has 0 aromatic rings. The molecule has 22 heavy (non-hydrogen) atoms. The lowest BCUT2D eigenvalue weighted by atomic mass is 10.1. The summed E-state index contributed by atoms with van der Waals surface area (Å²) in [6.45, 7) is 9.42. The van der Waals surface area contributed by atoms with Gasteiger partial charge in [0.2, 0.25) is 5.96 Å². The highest BCUT2D eigenvalue weighted by Gasteiger charge is 2.24. The molecule has 1 aliphatic rings. The molecule has 1 fully saturated rings. The van der Waals surface area contributed by atoms with Crippen molar-refractivity contribution >= 4 is 18.3 Å². The topological polar surface area (TPSA) is 66.3 Å². The standard InChI is InChI=1S/C16H30N4O2/c1-6-7-10-18-14(17-5)20-11-8-13(9-12-20)19-15(21)22-16(2,3)4/h10,13H,6-9,11-12H2,1-5H3,(H,19,21)/b17-14+,18-10-. The minimum Gasteiger partial charge on any atom is -0.444 e. The molecule has 6 nitrogen and oxygen atoms in total. The fourth-order valence-corrected chi connectivity index (χ4v) is 2.25. The van der Waals surface area contributed by atoms with Gasteiger partial charge in [-0.25, -0.2) is 9.79 Å². The number of piperidine rings is 1. The summed E-state index contributed by atoms with van der Waals surface area (Å²) in [7, 11) is 1.77. The number of ether oxygens (including phenoxy) is 1. The SMILES string of the molecule is CCC/C=N\C(=N/C)N1CCC(NC(=O)OC(C)(C)C)CC1. The Morgan fingerprint density at radius 3 is 2.50 bits per heavy atom. The molecule has 0 unspecified atom stereocenters. The van der Waals surface area contributed by atoms with E-state index in [-0.39, 0.29) is 12.1 Å². The molecule has 0 aliphatic carbocycles. The van der Waals surface area contributed by atoms with Crippen LogP contribution in [0.4, 0.5) is 4.79 Å². The van der Waals surface area contributed by atoms with Crippen molar-refractivity contribution in [2.24, 2.45) is 9.98 Å². The smallest absolute Gasteiger partial charge is 0.407 e. The summed E-state index contributed by atoms with van der Waals surface area (Å²) >= 11 is 0. The number of nitrogens with one attached hydrogen (secondary N) is 1. The van der Waals surface area contributed by atoms with E-state index in [0.717, 1.165) is 44.7 Å². The highest BCUT2D eigenvalue weighted by Crippen LogP contribution is 2.13. The average Bonchev–Trinajstić information content (AvgIpc) is 2.43. The van der Waals surface area contributed by atoms with Crippen molar-refractivity contribution in [1.82, 2.24) is 10.2 Å². The van der Waals surface area contributed by atoms with Gasteiger partial charge < -0.3 is 15.0 Å². The van der Waals surface area contributed by atoms with Crippen LogP contribution in [0.3, 0.4) is 0 Å². The van der Waals surface area contributed by atoms with Crippen LogP contribution in [0.5, 0.6) is 0 Å². The summed E-state index contributed by atoms with van der Waals surface area (Å²) in [6.07, 6.45) is 5.39. The lowest BCUT2D eigenvalue weighted by Gasteiger charge is -2.33. The van der Waals surface area contributed by atoms with E-state index >= 15 is 0 Å². The van der Waals surface area contributed by atoms with Crippen LogP contribution in [0.25, 0.3) is 0 Å². The van der Waals surface area contributed by atoms with Crippen LogP contribution in [-0.4, -0.2) is 54.9 Å². The molecular weight excluding hydrogens is 280 g/mol. The number of alkyl carbamates (subject to hydrolysis) is 1. The third-order valence-electron chi connectivity index (χ3n) is 3.32. The first-order chi connectivity index (χ1) is 10.4. The summed E-state index contributed by atoms with van der Waals surface area (Å²) in [5, 5.41) is 2.94. The van der Waals surface area contributed by atoms with Crippen molar-refractivity contribution in [1.29, 1.82) is 0 Å². The predicted octanol–water partition coefficient (Wildman–Crippen LogP) is 2.83. The van der Waals surface area contributed by atoms with E-state index in [1.165, 1.54) is 0 Å². The predicted molar refractivity (Wildman–Crippen MR) is 90.7 cm³/mol. The molecule has 1 aliphatic heterocycles. The largest absolute Gasteiger partial charge is 0.444 e. The van der Waals surface area contributed by atoms with Gasteiger partial charge in [-0.1, -0.05) is 13.3 Å². The van der Waals surface area contributed by atoms with Gasteiger partial charge in [0.05, 0.1) is 0 Å². The number of hydrogen-bond acceptors (Lipinski definition) is 3. The molecule has 0 radical (unpaired) electrons. The lowest BCUT2D eigenvalue weighted by molar-refractivity contribution is 0.0488. The molecule has 1 rings (SSSR count). The van der Waals surface area contributed by atoms with Crippen molar-refractivity contribution in [3.63, 3.8) is 0 Å². The molecule has 126 valence electrons. The van der Waals surface area contributed by atoms with Crippen molar-refractivity contribution in [3.8, 4) is 0 Å². The fraction of sp³-hybridized carbons (Fsp3) is 0.812. The number of aliphatic imine (C=N–C) groups is 2. The Morgan fingerprint density at radius 2 is 2.00 bits per heavy atom. The first-order valence-corrected chi connectivity index (χ1v) is 8.09. The van der Waals surface area contributed by atoms with Crippen molar-refractivity contribution < 1.29 is 9.53 Å². The van der Waals surface area contributed by atoms with Gasteiger partial charge in [0.25, 0.3) is 0 Å². The summed E-state index contributed by atoms with van der Waals surface area (Å²) in [5.41, 5.74) is -0.458. The number of amides is 1. The highest BCUT2D eigenvalue weighted by atomic mass is 16.6. The van der Waals surface area contributed by atoms with Crippen LogP contribution >= 0.6 is 0 Å². The Morgan fingerprint density at radius 1 is 1.36 bits per heavy atom. The Hall–Kier alpha value is -1.59. The van der Waals surface area contributed by atoms with E-state index in [2.05, 4.69) is 27.1 Å². The molecular formula is C16H30N4O2. The molecule has 0 spiro atoms. The van der Waals surface area contributed by atoms with E-state index in [1.54, 1.807) is 7.05 Å². The van der Waals surface area contributed by atoms with E-state index in [0.29, 0.717) is 0 Å². The zero-order chi connectivity index (χ0) is 16.6. The van der Waals surface area contributed by atoms with Gasteiger partial charge in [-0.15, -0.1) is 0 Å². The van der Waals surface area contributed by atoms with Gasteiger partial charge >= 0.3 is 6.09 Å². The van der Waals surface area contributed by atoms with Gasteiger partial charge in [-0.05, 0) is 40.0 Å². The molecule has 1 saturated heterocycles. The minimum atomic E-state index is -0.458. The molecule has 0 saturated carbocycles. The third-order valence-corrected chi connectivity index (χ3v) is 3.32. The fourth-order valence-electron chi connectivity index (χ4n) is 2.25. The van der Waals surface area contributed by atoms with Crippen molar-refractivity contribution in [2.45, 2.75) is 65.0 Å². The Bertz CT molecular complexity index is 405. The van der Waals surface area contributed by atoms with Gasteiger partial charge in [-0.2, -0.15) is 0 Å². The number of carbonyl (C=O) groups excluding carboxylic acids is 1. The van der Waals surface area contributed by atoms with E-state index < -0.39 is 5.60 Å². The maximum absolute atomic E-state index is 11.8. The normalized spacial score (nSPS) is 17.9. The maximum atomic E-state index is 11.8. The second-order valence-electron chi connectivity index (χ2n) is 6.53. The number of guanidine groups is 1. The van der Waals surface area contributed by atoms with Crippen LogP contribution in [0.2, 0.25) is 0 Å². The Balaban J connectivity index is 2.41.